The first-order chi connectivity index (χ1) is 22.4. The lowest BCUT2D eigenvalue weighted by Gasteiger charge is -2.43. The van der Waals surface area contributed by atoms with Crippen LogP contribution >= 0.6 is 11.6 Å². The molecule has 1 heterocycles. The topological polar surface area (TPSA) is 159 Å². The molecule has 18 heteroatoms. The predicted octanol–water partition coefficient (Wildman–Crippen LogP) is 3.08. The van der Waals surface area contributed by atoms with Crippen molar-refractivity contribution in [3.63, 3.8) is 0 Å². The summed E-state index contributed by atoms with van der Waals surface area (Å²) in [6.07, 6.45) is -7.57. The van der Waals surface area contributed by atoms with E-state index < -0.39 is 24.6 Å². The quantitative estimate of drug-likeness (QED) is 0.219. The van der Waals surface area contributed by atoms with E-state index >= 15 is 0 Å². The molecule has 1 aliphatic heterocycles. The number of hydrogen-bond acceptors (Lipinski definition) is 14. The fraction of sp³-hybridized carbons (Fsp3) is 0.552. The zero-order valence-corrected chi connectivity index (χ0v) is 27.4. The van der Waals surface area contributed by atoms with Crippen molar-refractivity contribution in [2.24, 2.45) is 11.5 Å². The van der Waals surface area contributed by atoms with Gasteiger partial charge in [0.2, 0.25) is 0 Å². The lowest BCUT2D eigenvalue weighted by Crippen LogP contribution is -2.60. The van der Waals surface area contributed by atoms with Crippen LogP contribution in [0.3, 0.4) is 0 Å². The molecule has 0 saturated heterocycles. The van der Waals surface area contributed by atoms with Crippen molar-refractivity contribution in [1.29, 1.82) is 0 Å². The second-order valence-corrected chi connectivity index (χ2v) is 10.2. The maximum Gasteiger partial charge on any atom is 0.493 e. The zero-order valence-electron chi connectivity index (χ0n) is 26.7. The van der Waals surface area contributed by atoms with E-state index in [0.717, 1.165) is 0 Å². The number of hydrogen-bond donors (Lipinski definition) is 2. The number of carbonyl (C=O) groups excluding carboxylic acids is 1. The Balaban J connectivity index is 2.37. The van der Waals surface area contributed by atoms with Crippen molar-refractivity contribution in [1.82, 2.24) is 4.90 Å². The van der Waals surface area contributed by atoms with Crippen LogP contribution in [0.25, 0.3) is 11.1 Å². The van der Waals surface area contributed by atoms with Crippen LogP contribution in [0.1, 0.15) is 11.7 Å². The highest BCUT2D eigenvalue weighted by Gasteiger charge is 2.46. The predicted molar refractivity (Wildman–Crippen MR) is 164 cm³/mol. The monoisotopic (exact) mass is 696 g/mol. The molecule has 2 aromatic rings. The number of carbonyl (C=O) groups is 1. The average Bonchev–Trinajstić information content (AvgIpc) is 3.04. The van der Waals surface area contributed by atoms with Crippen LogP contribution in [-0.2, 0) is 28.6 Å². The second kappa shape index (κ2) is 17.7. The van der Waals surface area contributed by atoms with E-state index in [0.29, 0.717) is 16.2 Å². The lowest BCUT2D eigenvalue weighted by molar-refractivity contribution is -0.204. The third kappa shape index (κ3) is 9.20. The Morgan fingerprint density at radius 3 is 1.66 bits per heavy atom. The van der Waals surface area contributed by atoms with Gasteiger partial charge in [-0.1, -0.05) is 23.7 Å². The second-order valence-electron chi connectivity index (χ2n) is 9.87. The van der Waals surface area contributed by atoms with Gasteiger partial charge < -0.3 is 48.5 Å². The lowest BCUT2D eigenvalue weighted by atomic mass is 9.97. The molecule has 0 fully saturated rings. The minimum Gasteiger partial charge on any atom is -0.486 e. The van der Waals surface area contributed by atoms with Crippen LogP contribution in [-0.4, -0.2) is 112 Å². The van der Waals surface area contributed by atoms with E-state index in [9.17, 15) is 18.0 Å². The Hall–Kier alpha value is -3.29. The largest absolute Gasteiger partial charge is 0.493 e. The first-order valence-corrected chi connectivity index (χ1v) is 14.6. The third-order valence-electron chi connectivity index (χ3n) is 6.78. The first kappa shape index (κ1) is 38.2. The number of nitrogens with two attached hydrogens (primary N) is 2. The number of halogens is 4. The van der Waals surface area contributed by atoms with Gasteiger partial charge in [-0.3, -0.25) is 10.6 Å². The van der Waals surface area contributed by atoms with Crippen LogP contribution in [0.2, 0.25) is 5.02 Å². The number of fused-ring (bicyclic) bond motifs is 1. The number of nitrogens with zero attached hydrogens (tertiary/aromatic N) is 2. The smallest absolute Gasteiger partial charge is 0.486 e. The van der Waals surface area contributed by atoms with Gasteiger partial charge in [0.1, 0.15) is 31.5 Å². The Morgan fingerprint density at radius 1 is 0.787 bits per heavy atom. The molecule has 47 heavy (non-hydrogen) atoms. The van der Waals surface area contributed by atoms with E-state index in [1.54, 1.807) is 12.1 Å². The van der Waals surface area contributed by atoms with Crippen molar-refractivity contribution in [3.05, 3.63) is 28.8 Å². The highest BCUT2D eigenvalue weighted by atomic mass is 35.5. The number of benzene rings is 2. The maximum absolute atomic E-state index is 13.3. The van der Waals surface area contributed by atoms with Crippen LogP contribution in [0.4, 0.5) is 18.9 Å². The van der Waals surface area contributed by atoms with Gasteiger partial charge in [0, 0.05) is 34.0 Å². The van der Waals surface area contributed by atoms with Crippen molar-refractivity contribution in [2.45, 2.75) is 18.6 Å². The van der Waals surface area contributed by atoms with Crippen LogP contribution < -0.4 is 35.5 Å². The summed E-state index contributed by atoms with van der Waals surface area (Å²) >= 11 is 6.89. The molecule has 0 amide bonds. The standard InChI is InChI=1S/C29H40ClF3N4O10/c1-36-26(34)18-7-6-17(16-19(18)37(28(36)35)47-27(38)29(31,32)33)20-22(43-12-8-39-2)24(45-14-10-41-4)21(30)25(46-15-11-42-5)23(20)44-13-9-40-3/h6-7,16,26,28H,8-15,34-35H2,1-5H3. The molecule has 264 valence electrons. The minimum absolute atomic E-state index is 0.00477. The average molecular weight is 697 g/mol. The first-order valence-electron chi connectivity index (χ1n) is 14.2. The van der Waals surface area contributed by atoms with Crippen LogP contribution in [0.5, 0.6) is 23.0 Å². The number of alkyl halides is 3. The summed E-state index contributed by atoms with van der Waals surface area (Å²) in [4.78, 5) is 18.1. The molecule has 1 aliphatic rings. The van der Waals surface area contributed by atoms with Gasteiger partial charge in [0.15, 0.2) is 29.3 Å². The van der Waals surface area contributed by atoms with Gasteiger partial charge in [-0.15, -0.1) is 0 Å². The fourth-order valence-corrected chi connectivity index (χ4v) is 4.69. The van der Waals surface area contributed by atoms with Crippen LogP contribution in [0, 0.1) is 0 Å². The molecular formula is C29H40ClF3N4O10. The van der Waals surface area contributed by atoms with Crippen molar-refractivity contribution < 1.29 is 60.7 Å². The number of ether oxygens (including phenoxy) is 8. The summed E-state index contributed by atoms with van der Waals surface area (Å²) in [6.45, 7) is 0.890. The number of rotatable bonds is 18. The van der Waals surface area contributed by atoms with E-state index in [4.69, 9.17) is 65.8 Å². The summed E-state index contributed by atoms with van der Waals surface area (Å²) in [7, 11) is 7.44. The van der Waals surface area contributed by atoms with Crippen molar-refractivity contribution >= 4 is 23.3 Å². The molecule has 2 atom stereocenters. The molecule has 2 unspecified atom stereocenters. The molecule has 4 N–H and O–H groups in total. The highest BCUT2D eigenvalue weighted by molar-refractivity contribution is 6.34. The van der Waals surface area contributed by atoms with Gasteiger partial charge in [-0.25, -0.2) is 4.79 Å². The molecule has 0 bridgehead atoms. The van der Waals surface area contributed by atoms with E-state index in [1.807, 2.05) is 0 Å². The van der Waals surface area contributed by atoms with Gasteiger partial charge in [-0.05, 0) is 18.7 Å². The normalized spacial score (nSPS) is 16.5. The Kier molecular flexibility index (Phi) is 14.4. The Labute approximate surface area is 275 Å². The van der Waals surface area contributed by atoms with E-state index in [-0.39, 0.29) is 92.1 Å². The molecule has 0 saturated carbocycles. The number of methoxy groups -OCH3 is 4. The van der Waals surface area contributed by atoms with Crippen molar-refractivity contribution in [3.8, 4) is 34.1 Å². The molecule has 0 spiro atoms. The zero-order chi connectivity index (χ0) is 34.7. The van der Waals surface area contributed by atoms with E-state index in [1.165, 1.54) is 46.5 Å². The minimum atomic E-state index is -5.31. The fourth-order valence-electron chi connectivity index (χ4n) is 4.41. The Bertz CT molecular complexity index is 1300. The maximum atomic E-state index is 13.3. The van der Waals surface area contributed by atoms with E-state index in [2.05, 4.69) is 0 Å². The molecule has 0 radical (unpaired) electrons. The SMILES string of the molecule is COCCOc1c(Cl)c(OCCOC)c(OCCOC)c(-c2ccc3c(c2)N(OC(=O)C(F)(F)F)C(N)N(C)C3N)c1OCCOC. The highest BCUT2D eigenvalue weighted by Crippen LogP contribution is 2.56. The summed E-state index contributed by atoms with van der Waals surface area (Å²) in [5, 5.41) is 0.641. The van der Waals surface area contributed by atoms with Gasteiger partial charge in [0.05, 0.1) is 43.8 Å². The molecule has 0 aliphatic carbocycles. The number of hydroxylamine groups is 1. The summed E-state index contributed by atoms with van der Waals surface area (Å²) in [5.74, 6) is -2.17. The van der Waals surface area contributed by atoms with Crippen molar-refractivity contribution in [2.75, 3.05) is 93.4 Å². The third-order valence-corrected chi connectivity index (χ3v) is 7.13. The summed E-state index contributed by atoms with van der Waals surface area (Å²) in [5.41, 5.74) is 13.4. The summed E-state index contributed by atoms with van der Waals surface area (Å²) in [6, 6.07) is 4.61. The van der Waals surface area contributed by atoms with Gasteiger partial charge in [0.25, 0.3) is 0 Å². The molecule has 2 aromatic carbocycles. The molecule has 0 aromatic heterocycles. The van der Waals surface area contributed by atoms with Gasteiger partial charge in [-0.2, -0.15) is 18.2 Å². The summed E-state index contributed by atoms with van der Waals surface area (Å²) < 4.78 is 85.0. The molecular weight excluding hydrogens is 657 g/mol. The molecule has 14 nitrogen and oxygen atoms in total. The Morgan fingerprint density at radius 2 is 1.23 bits per heavy atom. The molecule has 3 rings (SSSR count). The van der Waals surface area contributed by atoms with Gasteiger partial charge >= 0.3 is 12.1 Å². The van der Waals surface area contributed by atoms with Crippen LogP contribution in [0.15, 0.2) is 18.2 Å². The number of anilines is 1.